The quantitative estimate of drug-likeness (QED) is 0.817. The predicted molar refractivity (Wildman–Crippen MR) is 101 cm³/mol. The van der Waals surface area contributed by atoms with E-state index in [0.29, 0.717) is 18.7 Å². The number of nitrogens with zero attached hydrogens (tertiary/aromatic N) is 2. The zero-order valence-electron chi connectivity index (χ0n) is 15.4. The minimum atomic E-state index is -0.345. The van der Waals surface area contributed by atoms with Crippen molar-refractivity contribution < 1.29 is 14.0 Å². The van der Waals surface area contributed by atoms with E-state index < -0.39 is 0 Å². The molecule has 0 saturated carbocycles. The van der Waals surface area contributed by atoms with E-state index in [1.807, 2.05) is 47.2 Å². The van der Waals surface area contributed by atoms with E-state index in [2.05, 4.69) is 0 Å². The molecule has 4 nitrogen and oxygen atoms in total. The number of carbonyl (C=O) groups is 2. The SMILES string of the molecule is CN1C(=O)[C@@H](c2ccccc2)CC12CCN(C(=O)c1ccc(F)cc1)CC2. The van der Waals surface area contributed by atoms with E-state index in [-0.39, 0.29) is 29.1 Å². The lowest BCUT2D eigenvalue weighted by Gasteiger charge is -2.43. The van der Waals surface area contributed by atoms with Gasteiger partial charge in [0.05, 0.1) is 5.92 Å². The van der Waals surface area contributed by atoms with Crippen LogP contribution in [0.4, 0.5) is 4.39 Å². The monoisotopic (exact) mass is 366 g/mol. The lowest BCUT2D eigenvalue weighted by atomic mass is 9.81. The Labute approximate surface area is 158 Å². The molecule has 2 fully saturated rings. The smallest absolute Gasteiger partial charge is 0.253 e. The molecule has 0 radical (unpaired) electrons. The van der Waals surface area contributed by atoms with E-state index in [0.717, 1.165) is 24.8 Å². The summed E-state index contributed by atoms with van der Waals surface area (Å²) in [7, 11) is 1.89. The maximum absolute atomic E-state index is 13.1. The van der Waals surface area contributed by atoms with Crippen LogP contribution in [-0.4, -0.2) is 47.3 Å². The van der Waals surface area contributed by atoms with Gasteiger partial charge in [0.1, 0.15) is 5.82 Å². The second-order valence-corrected chi connectivity index (χ2v) is 7.59. The van der Waals surface area contributed by atoms with Gasteiger partial charge in [-0.1, -0.05) is 30.3 Å². The molecule has 2 aromatic carbocycles. The lowest BCUT2D eigenvalue weighted by Crippen LogP contribution is -2.52. The van der Waals surface area contributed by atoms with E-state index in [1.165, 1.54) is 24.3 Å². The van der Waals surface area contributed by atoms with Crippen LogP contribution >= 0.6 is 0 Å². The van der Waals surface area contributed by atoms with Gasteiger partial charge in [0.15, 0.2) is 0 Å². The molecular weight excluding hydrogens is 343 g/mol. The molecule has 2 aromatic rings. The van der Waals surface area contributed by atoms with E-state index in [9.17, 15) is 14.0 Å². The molecular formula is C22H23FN2O2. The number of hydrogen-bond donors (Lipinski definition) is 0. The number of likely N-dealkylation sites (tertiary alicyclic amines) is 2. The molecule has 2 aliphatic heterocycles. The van der Waals surface area contributed by atoms with Crippen molar-refractivity contribution in [1.29, 1.82) is 0 Å². The summed E-state index contributed by atoms with van der Waals surface area (Å²) >= 11 is 0. The summed E-state index contributed by atoms with van der Waals surface area (Å²) in [5, 5.41) is 0. The Kier molecular flexibility index (Phi) is 4.46. The standard InChI is InChI=1S/C22H23FN2O2/c1-24-21(27)19(16-5-3-2-4-6-16)15-22(24)11-13-25(14-12-22)20(26)17-7-9-18(23)10-8-17/h2-10,19H,11-15H2,1H3/t19-/m1/s1. The summed E-state index contributed by atoms with van der Waals surface area (Å²) in [6.07, 6.45) is 2.34. The largest absolute Gasteiger partial charge is 0.339 e. The molecule has 2 saturated heterocycles. The predicted octanol–water partition coefficient (Wildman–Crippen LogP) is 3.45. The molecule has 0 aliphatic carbocycles. The number of benzene rings is 2. The summed E-state index contributed by atoms with van der Waals surface area (Å²) in [5.74, 6) is -0.353. The highest BCUT2D eigenvalue weighted by molar-refractivity contribution is 5.94. The average molecular weight is 366 g/mol. The molecule has 0 aromatic heterocycles. The number of rotatable bonds is 2. The number of carbonyl (C=O) groups excluding carboxylic acids is 2. The molecule has 140 valence electrons. The van der Waals surface area contributed by atoms with E-state index >= 15 is 0 Å². The highest BCUT2D eigenvalue weighted by Gasteiger charge is 2.50. The number of piperidine rings is 1. The summed E-state index contributed by atoms with van der Waals surface area (Å²) < 4.78 is 13.1. The first kappa shape index (κ1) is 17.7. The molecule has 4 rings (SSSR count). The third kappa shape index (κ3) is 3.11. The number of halogens is 1. The fraction of sp³-hybridized carbons (Fsp3) is 0.364. The van der Waals surface area contributed by atoms with Gasteiger partial charge < -0.3 is 9.80 Å². The van der Waals surface area contributed by atoms with Crippen molar-refractivity contribution in [1.82, 2.24) is 9.80 Å². The van der Waals surface area contributed by atoms with Crippen LogP contribution in [0.2, 0.25) is 0 Å². The van der Waals surface area contributed by atoms with Crippen molar-refractivity contribution in [2.24, 2.45) is 0 Å². The minimum Gasteiger partial charge on any atom is -0.339 e. The highest BCUT2D eigenvalue weighted by atomic mass is 19.1. The van der Waals surface area contributed by atoms with Gasteiger partial charge in [-0.25, -0.2) is 4.39 Å². The number of amides is 2. The number of hydrogen-bond acceptors (Lipinski definition) is 2. The molecule has 5 heteroatoms. The maximum atomic E-state index is 13.1. The average Bonchev–Trinajstić information content (AvgIpc) is 2.95. The molecule has 27 heavy (non-hydrogen) atoms. The molecule has 2 amide bonds. The maximum Gasteiger partial charge on any atom is 0.253 e. The summed E-state index contributed by atoms with van der Waals surface area (Å²) in [4.78, 5) is 29.2. The van der Waals surface area contributed by atoms with Crippen LogP contribution < -0.4 is 0 Å². The normalized spacial score (nSPS) is 21.7. The third-order valence-electron chi connectivity index (χ3n) is 6.20. The first-order valence-electron chi connectivity index (χ1n) is 9.38. The fourth-order valence-electron chi connectivity index (χ4n) is 4.46. The van der Waals surface area contributed by atoms with E-state index in [1.54, 1.807) is 0 Å². The molecule has 2 aliphatic rings. The van der Waals surface area contributed by atoms with Crippen LogP contribution in [0.25, 0.3) is 0 Å². The van der Waals surface area contributed by atoms with Gasteiger partial charge >= 0.3 is 0 Å². The third-order valence-corrected chi connectivity index (χ3v) is 6.20. The first-order chi connectivity index (χ1) is 13.0. The fourth-order valence-corrected chi connectivity index (χ4v) is 4.46. The molecule has 0 unspecified atom stereocenters. The van der Waals surface area contributed by atoms with Gasteiger partial charge in [-0.3, -0.25) is 9.59 Å². The van der Waals surface area contributed by atoms with Crippen molar-refractivity contribution >= 4 is 11.8 Å². The van der Waals surface area contributed by atoms with Gasteiger partial charge in [-0.2, -0.15) is 0 Å². The summed E-state index contributed by atoms with van der Waals surface area (Å²) in [5.41, 5.74) is 1.39. The van der Waals surface area contributed by atoms with Crippen LogP contribution in [-0.2, 0) is 4.79 Å². The summed E-state index contributed by atoms with van der Waals surface area (Å²) in [6.45, 7) is 1.21. The Hall–Kier alpha value is -2.69. The molecule has 1 spiro atoms. The first-order valence-corrected chi connectivity index (χ1v) is 9.38. The number of likely N-dealkylation sites (N-methyl/N-ethyl adjacent to an activating group) is 1. The van der Waals surface area contributed by atoms with Crippen LogP contribution in [0.1, 0.15) is 41.1 Å². The Morgan fingerprint density at radius 3 is 2.30 bits per heavy atom. The molecule has 0 bridgehead atoms. The van der Waals surface area contributed by atoms with Gasteiger partial charge in [0, 0.05) is 31.2 Å². The van der Waals surface area contributed by atoms with Crippen LogP contribution in [0.3, 0.4) is 0 Å². The van der Waals surface area contributed by atoms with Crippen LogP contribution in [0, 0.1) is 5.82 Å². The minimum absolute atomic E-state index is 0.0727. The molecule has 0 N–H and O–H groups in total. The topological polar surface area (TPSA) is 40.6 Å². The summed E-state index contributed by atoms with van der Waals surface area (Å²) in [6, 6.07) is 15.6. The molecule has 1 atom stereocenters. The van der Waals surface area contributed by atoms with Crippen molar-refractivity contribution in [3.05, 3.63) is 71.5 Å². The van der Waals surface area contributed by atoms with Gasteiger partial charge in [-0.15, -0.1) is 0 Å². The second kappa shape index (κ2) is 6.80. The van der Waals surface area contributed by atoms with Gasteiger partial charge in [0.2, 0.25) is 5.91 Å². The van der Waals surface area contributed by atoms with E-state index in [4.69, 9.17) is 0 Å². The Morgan fingerprint density at radius 2 is 1.67 bits per heavy atom. The van der Waals surface area contributed by atoms with Crippen molar-refractivity contribution in [2.45, 2.75) is 30.7 Å². The Morgan fingerprint density at radius 1 is 1.04 bits per heavy atom. The van der Waals surface area contributed by atoms with Crippen molar-refractivity contribution in [3.63, 3.8) is 0 Å². The zero-order valence-corrected chi connectivity index (χ0v) is 15.4. The van der Waals surface area contributed by atoms with Gasteiger partial charge in [0.25, 0.3) is 5.91 Å². The van der Waals surface area contributed by atoms with Crippen molar-refractivity contribution in [3.8, 4) is 0 Å². The Balaban J connectivity index is 1.47. The highest BCUT2D eigenvalue weighted by Crippen LogP contribution is 2.44. The second-order valence-electron chi connectivity index (χ2n) is 7.59. The van der Waals surface area contributed by atoms with Crippen LogP contribution in [0.15, 0.2) is 54.6 Å². The van der Waals surface area contributed by atoms with Crippen LogP contribution in [0.5, 0.6) is 0 Å². The Bertz CT molecular complexity index is 842. The molecule has 2 heterocycles. The lowest BCUT2D eigenvalue weighted by molar-refractivity contribution is -0.131. The van der Waals surface area contributed by atoms with Gasteiger partial charge in [-0.05, 0) is 49.1 Å². The zero-order chi connectivity index (χ0) is 19.0. The van der Waals surface area contributed by atoms with Crippen molar-refractivity contribution in [2.75, 3.05) is 20.1 Å².